The molecule has 1 rings (SSSR count). The molecule has 1 atom stereocenters. The predicted molar refractivity (Wildman–Crippen MR) is 42.7 cm³/mol. The average Bonchev–Trinajstić information content (AvgIpc) is 2.04. The van der Waals surface area contributed by atoms with Crippen LogP contribution in [0.1, 0.15) is 6.92 Å². The van der Waals surface area contributed by atoms with Gasteiger partial charge in [-0.3, -0.25) is 4.79 Å². The van der Waals surface area contributed by atoms with Crippen molar-refractivity contribution in [1.82, 2.24) is 4.90 Å². The van der Waals surface area contributed by atoms with Gasteiger partial charge in [0.05, 0.1) is 19.3 Å². The Morgan fingerprint density at radius 2 is 2.55 bits per heavy atom. The predicted octanol–water partition coefficient (Wildman–Crippen LogP) is 0.472. The third-order valence-corrected chi connectivity index (χ3v) is 2.17. The molecule has 0 radical (unpaired) electrons. The molecule has 4 heteroatoms. The maximum absolute atomic E-state index is 11.0. The Morgan fingerprint density at radius 1 is 1.82 bits per heavy atom. The molecule has 11 heavy (non-hydrogen) atoms. The molecular formula is C7H12ClNO2. The number of carbonyl (C=O) groups is 1. The standard InChI is InChI=1S/C7H12ClNO2/c1-6(10)9-2-3-11-5-7(9)4-8/h7H,2-5H2,1H3. The molecule has 0 bridgehead atoms. The fourth-order valence-electron chi connectivity index (χ4n) is 1.20. The van der Waals surface area contributed by atoms with Crippen molar-refractivity contribution in [3.63, 3.8) is 0 Å². The van der Waals surface area contributed by atoms with Gasteiger partial charge in [-0.25, -0.2) is 0 Å². The topological polar surface area (TPSA) is 29.5 Å². The number of ether oxygens (including phenoxy) is 1. The molecule has 1 amide bonds. The number of hydrogen-bond donors (Lipinski definition) is 0. The SMILES string of the molecule is CC(=O)N1CCOCC1CCl. The van der Waals surface area contributed by atoms with E-state index in [1.807, 2.05) is 0 Å². The third kappa shape index (κ3) is 2.07. The minimum absolute atomic E-state index is 0.0721. The first-order valence-electron chi connectivity index (χ1n) is 3.66. The molecule has 0 aromatic heterocycles. The van der Waals surface area contributed by atoms with Gasteiger partial charge in [-0.2, -0.15) is 0 Å². The van der Waals surface area contributed by atoms with E-state index in [-0.39, 0.29) is 11.9 Å². The summed E-state index contributed by atoms with van der Waals surface area (Å²) in [5.74, 6) is 0.540. The van der Waals surface area contributed by atoms with Crippen molar-refractivity contribution >= 4 is 17.5 Å². The highest BCUT2D eigenvalue weighted by molar-refractivity contribution is 6.18. The van der Waals surface area contributed by atoms with Gasteiger partial charge in [0.15, 0.2) is 0 Å². The first-order chi connectivity index (χ1) is 5.25. The zero-order valence-electron chi connectivity index (χ0n) is 6.55. The lowest BCUT2D eigenvalue weighted by Gasteiger charge is -2.33. The van der Waals surface area contributed by atoms with Crippen molar-refractivity contribution in [2.45, 2.75) is 13.0 Å². The molecule has 1 unspecified atom stereocenters. The van der Waals surface area contributed by atoms with Crippen LogP contribution in [0.2, 0.25) is 0 Å². The summed E-state index contributed by atoms with van der Waals surface area (Å²) in [5, 5.41) is 0. The van der Waals surface area contributed by atoms with E-state index in [2.05, 4.69) is 0 Å². The summed E-state index contributed by atoms with van der Waals surface area (Å²) in [6.45, 7) is 3.44. The van der Waals surface area contributed by atoms with E-state index in [4.69, 9.17) is 16.3 Å². The Kier molecular flexibility index (Phi) is 3.15. The van der Waals surface area contributed by atoms with E-state index in [1.165, 1.54) is 0 Å². The molecule has 0 aromatic rings. The number of alkyl halides is 1. The van der Waals surface area contributed by atoms with Crippen LogP contribution in [0.5, 0.6) is 0 Å². The molecule has 0 spiro atoms. The highest BCUT2D eigenvalue weighted by Crippen LogP contribution is 2.08. The van der Waals surface area contributed by atoms with Gasteiger partial charge in [-0.05, 0) is 0 Å². The molecule has 3 nitrogen and oxygen atoms in total. The molecule has 1 aliphatic rings. The average molecular weight is 178 g/mol. The van der Waals surface area contributed by atoms with Crippen molar-refractivity contribution in [1.29, 1.82) is 0 Å². The molecule has 0 saturated carbocycles. The summed E-state index contributed by atoms with van der Waals surface area (Å²) in [6.07, 6.45) is 0. The van der Waals surface area contributed by atoms with Crippen molar-refractivity contribution < 1.29 is 9.53 Å². The summed E-state index contributed by atoms with van der Waals surface area (Å²) in [6, 6.07) is 0.0721. The van der Waals surface area contributed by atoms with E-state index in [1.54, 1.807) is 11.8 Å². The fraction of sp³-hybridized carbons (Fsp3) is 0.857. The van der Waals surface area contributed by atoms with Gasteiger partial charge in [-0.15, -0.1) is 11.6 Å². The van der Waals surface area contributed by atoms with Crippen molar-refractivity contribution in [3.8, 4) is 0 Å². The minimum atomic E-state index is 0.0721. The minimum Gasteiger partial charge on any atom is -0.377 e. The Hall–Kier alpha value is -0.280. The second kappa shape index (κ2) is 3.93. The van der Waals surface area contributed by atoms with Crippen LogP contribution in [0.25, 0.3) is 0 Å². The lowest BCUT2D eigenvalue weighted by Crippen LogP contribution is -2.48. The van der Waals surface area contributed by atoms with Crippen LogP contribution < -0.4 is 0 Å². The lowest BCUT2D eigenvalue weighted by molar-refractivity contribution is -0.136. The summed E-state index contributed by atoms with van der Waals surface area (Å²) in [5.41, 5.74) is 0. The molecule has 64 valence electrons. The van der Waals surface area contributed by atoms with Crippen LogP contribution in [-0.2, 0) is 9.53 Å². The largest absolute Gasteiger partial charge is 0.377 e. The first kappa shape index (κ1) is 8.81. The van der Waals surface area contributed by atoms with Gasteiger partial charge in [0.25, 0.3) is 0 Å². The quantitative estimate of drug-likeness (QED) is 0.545. The van der Waals surface area contributed by atoms with E-state index in [0.717, 1.165) is 0 Å². The number of morpholine rings is 1. The number of hydrogen-bond acceptors (Lipinski definition) is 2. The Labute approximate surface area is 71.3 Å². The van der Waals surface area contributed by atoms with Crippen molar-refractivity contribution in [2.24, 2.45) is 0 Å². The second-order valence-corrected chi connectivity index (χ2v) is 2.90. The smallest absolute Gasteiger partial charge is 0.219 e. The van der Waals surface area contributed by atoms with Crippen molar-refractivity contribution in [2.75, 3.05) is 25.6 Å². The van der Waals surface area contributed by atoms with Gasteiger partial charge in [-0.1, -0.05) is 0 Å². The maximum Gasteiger partial charge on any atom is 0.219 e. The van der Waals surface area contributed by atoms with Gasteiger partial charge in [0, 0.05) is 19.3 Å². The Bertz CT molecular complexity index is 151. The number of rotatable bonds is 1. The van der Waals surface area contributed by atoms with Crippen LogP contribution in [0, 0.1) is 0 Å². The molecular weight excluding hydrogens is 166 g/mol. The zero-order valence-corrected chi connectivity index (χ0v) is 7.30. The van der Waals surface area contributed by atoms with Gasteiger partial charge >= 0.3 is 0 Å². The Morgan fingerprint density at radius 3 is 3.00 bits per heavy atom. The molecule has 0 N–H and O–H groups in total. The molecule has 1 saturated heterocycles. The lowest BCUT2D eigenvalue weighted by atomic mass is 10.2. The van der Waals surface area contributed by atoms with Crippen LogP contribution >= 0.6 is 11.6 Å². The first-order valence-corrected chi connectivity index (χ1v) is 4.20. The fourth-order valence-corrected chi connectivity index (χ4v) is 1.45. The van der Waals surface area contributed by atoms with Crippen LogP contribution in [-0.4, -0.2) is 42.5 Å². The summed E-state index contributed by atoms with van der Waals surface area (Å²) in [4.78, 5) is 12.7. The number of halogens is 1. The van der Waals surface area contributed by atoms with E-state index in [0.29, 0.717) is 25.6 Å². The molecule has 0 aliphatic carbocycles. The van der Waals surface area contributed by atoms with Crippen LogP contribution in [0.15, 0.2) is 0 Å². The second-order valence-electron chi connectivity index (χ2n) is 2.60. The molecule has 1 fully saturated rings. The van der Waals surface area contributed by atoms with Crippen molar-refractivity contribution in [3.05, 3.63) is 0 Å². The van der Waals surface area contributed by atoms with Gasteiger partial charge in [0.2, 0.25) is 5.91 Å². The number of nitrogens with zero attached hydrogens (tertiary/aromatic N) is 1. The van der Waals surface area contributed by atoms with E-state index >= 15 is 0 Å². The summed E-state index contributed by atoms with van der Waals surface area (Å²) < 4.78 is 5.18. The van der Waals surface area contributed by atoms with Crippen LogP contribution in [0.3, 0.4) is 0 Å². The highest BCUT2D eigenvalue weighted by Gasteiger charge is 2.23. The normalized spacial score (nSPS) is 25.3. The van der Waals surface area contributed by atoms with Gasteiger partial charge < -0.3 is 9.64 Å². The molecule has 0 aromatic carbocycles. The number of amides is 1. The third-order valence-electron chi connectivity index (χ3n) is 1.81. The monoisotopic (exact) mass is 177 g/mol. The molecule has 1 aliphatic heterocycles. The number of carbonyl (C=O) groups excluding carboxylic acids is 1. The molecule has 1 heterocycles. The Balaban J connectivity index is 2.51. The van der Waals surface area contributed by atoms with Crippen LogP contribution in [0.4, 0.5) is 0 Å². The van der Waals surface area contributed by atoms with E-state index in [9.17, 15) is 4.79 Å². The maximum atomic E-state index is 11.0. The summed E-state index contributed by atoms with van der Waals surface area (Å²) >= 11 is 5.65. The van der Waals surface area contributed by atoms with E-state index < -0.39 is 0 Å². The summed E-state index contributed by atoms with van der Waals surface area (Å²) in [7, 11) is 0. The van der Waals surface area contributed by atoms with Gasteiger partial charge in [0.1, 0.15) is 0 Å². The zero-order chi connectivity index (χ0) is 8.27. The highest BCUT2D eigenvalue weighted by atomic mass is 35.5.